The molecule has 1 aliphatic rings. The number of ether oxygens (including phenoxy) is 2. The average Bonchev–Trinajstić information content (AvgIpc) is 3.09. The molecule has 0 saturated heterocycles. The van der Waals surface area contributed by atoms with Crippen molar-refractivity contribution in [1.82, 2.24) is 9.47 Å². The number of aromatic nitrogens is 1. The number of pyridine rings is 1. The van der Waals surface area contributed by atoms with Crippen molar-refractivity contribution in [2.45, 2.75) is 38.8 Å². The van der Waals surface area contributed by atoms with Crippen LogP contribution in [0.3, 0.4) is 0 Å². The molecule has 232 valence electrons. The largest absolute Gasteiger partial charge is 0.497 e. The van der Waals surface area contributed by atoms with E-state index in [2.05, 4.69) is 36.4 Å². The van der Waals surface area contributed by atoms with Gasteiger partial charge in [0.2, 0.25) is 5.91 Å². The molecule has 0 fully saturated rings. The van der Waals surface area contributed by atoms with Gasteiger partial charge >= 0.3 is 0 Å². The van der Waals surface area contributed by atoms with Gasteiger partial charge < -0.3 is 18.9 Å². The molecule has 5 aromatic rings. The first-order valence-electron chi connectivity index (χ1n) is 15.6. The molecule has 0 aliphatic carbocycles. The fourth-order valence-electron chi connectivity index (χ4n) is 6.08. The minimum atomic E-state index is -0.0311. The summed E-state index contributed by atoms with van der Waals surface area (Å²) in [6.45, 7) is 1.07. The highest BCUT2D eigenvalue weighted by atomic mass is 16.5. The summed E-state index contributed by atoms with van der Waals surface area (Å²) < 4.78 is 13.1. The highest BCUT2D eigenvalue weighted by molar-refractivity contribution is 5.79. The van der Waals surface area contributed by atoms with E-state index in [-0.39, 0.29) is 11.5 Å². The van der Waals surface area contributed by atoms with Crippen molar-refractivity contribution in [3.05, 3.63) is 165 Å². The second kappa shape index (κ2) is 14.2. The number of allylic oxidation sites excluding steroid dienone is 1. The molecule has 2 heterocycles. The number of hydrogen-bond acceptors (Lipinski definition) is 4. The number of rotatable bonds is 11. The molecular weight excluding hydrogens is 572 g/mol. The molecule has 6 nitrogen and oxygen atoms in total. The minimum Gasteiger partial charge on any atom is -0.497 e. The van der Waals surface area contributed by atoms with Gasteiger partial charge in [-0.15, -0.1) is 0 Å². The van der Waals surface area contributed by atoms with Gasteiger partial charge in [0.15, 0.2) is 0 Å². The maximum Gasteiger partial charge on any atom is 0.250 e. The van der Waals surface area contributed by atoms with Crippen molar-refractivity contribution in [2.75, 3.05) is 14.2 Å². The Kier molecular flexibility index (Phi) is 9.44. The number of amides is 1. The van der Waals surface area contributed by atoms with E-state index in [1.165, 1.54) is 5.57 Å². The predicted molar refractivity (Wildman–Crippen MR) is 182 cm³/mol. The van der Waals surface area contributed by atoms with Gasteiger partial charge in [0, 0.05) is 24.9 Å². The summed E-state index contributed by atoms with van der Waals surface area (Å²) in [5.74, 6) is 1.71. The first kappa shape index (κ1) is 30.7. The lowest BCUT2D eigenvalue weighted by molar-refractivity contribution is -0.129. The number of methoxy groups -OCH3 is 2. The first-order chi connectivity index (χ1) is 22.5. The number of hydrogen-bond donors (Lipinski definition) is 0. The maximum atomic E-state index is 12.8. The summed E-state index contributed by atoms with van der Waals surface area (Å²) in [6.07, 6.45) is 6.52. The summed E-state index contributed by atoms with van der Waals surface area (Å²) in [5, 5.41) is 0. The highest BCUT2D eigenvalue weighted by Crippen LogP contribution is 2.35. The molecule has 0 N–H and O–H groups in total. The molecule has 6 heteroatoms. The van der Waals surface area contributed by atoms with Crippen LogP contribution < -0.4 is 15.0 Å². The average molecular weight is 611 g/mol. The molecule has 0 atom stereocenters. The van der Waals surface area contributed by atoms with Gasteiger partial charge in [-0.05, 0) is 88.0 Å². The Morgan fingerprint density at radius 1 is 0.609 bits per heavy atom. The van der Waals surface area contributed by atoms with Crippen LogP contribution in [-0.2, 0) is 30.7 Å². The van der Waals surface area contributed by atoms with E-state index in [1.807, 2.05) is 84.0 Å². The quantitative estimate of drug-likeness (QED) is 0.156. The number of carbonyl (C=O) groups excluding carboxylic acids is 1. The van der Waals surface area contributed by atoms with Gasteiger partial charge in [-0.2, -0.15) is 0 Å². The Morgan fingerprint density at radius 3 is 1.80 bits per heavy atom. The maximum absolute atomic E-state index is 12.8. The summed E-state index contributed by atoms with van der Waals surface area (Å²) in [5.41, 5.74) is 8.79. The van der Waals surface area contributed by atoms with Crippen molar-refractivity contribution in [1.29, 1.82) is 0 Å². The summed E-state index contributed by atoms with van der Waals surface area (Å²) in [7, 11) is 3.36. The molecule has 4 aromatic carbocycles. The van der Waals surface area contributed by atoms with Crippen molar-refractivity contribution in [3.8, 4) is 22.6 Å². The third-order valence-corrected chi connectivity index (χ3v) is 8.48. The van der Waals surface area contributed by atoms with Crippen LogP contribution in [0.15, 0.2) is 132 Å². The lowest BCUT2D eigenvalue weighted by Gasteiger charge is -2.26. The molecule has 1 aliphatic heterocycles. The van der Waals surface area contributed by atoms with E-state index < -0.39 is 0 Å². The zero-order chi connectivity index (χ0) is 31.9. The van der Waals surface area contributed by atoms with Crippen molar-refractivity contribution >= 4 is 5.91 Å². The van der Waals surface area contributed by atoms with Gasteiger partial charge in [-0.1, -0.05) is 78.9 Å². The Bertz CT molecular complexity index is 1910. The number of nitrogens with zero attached hydrogens (tertiary/aromatic N) is 2. The van der Waals surface area contributed by atoms with E-state index in [9.17, 15) is 9.59 Å². The molecule has 0 saturated carbocycles. The van der Waals surface area contributed by atoms with Crippen LogP contribution in [0.2, 0.25) is 0 Å². The second-order valence-electron chi connectivity index (χ2n) is 11.7. The standard InChI is InChI=1S/C40H38N2O4/c1-45-35-15-17-37(33(23-35)21-31-13-19-39(43)41(27-31)25-29-9-5-3-6-10-29)38-18-16-36(46-2)24-34(38)22-32-14-20-40(44)42(28-32)26-30-11-7-4-8-12-30/h3-13,15-19,23-24,27-28H,14,20-22,25-26H2,1-2H3. The topological polar surface area (TPSA) is 60.8 Å². The van der Waals surface area contributed by atoms with E-state index >= 15 is 0 Å². The molecule has 0 radical (unpaired) electrons. The predicted octanol–water partition coefficient (Wildman–Crippen LogP) is 7.42. The zero-order valence-corrected chi connectivity index (χ0v) is 26.3. The normalized spacial score (nSPS) is 13.0. The SMILES string of the molecule is COc1ccc(-c2ccc(OC)cc2Cc2ccc(=O)n(Cc3ccccc3)c2)c(CC2=CN(Cc3ccccc3)C(=O)CC2)c1. The smallest absolute Gasteiger partial charge is 0.250 e. The molecule has 0 unspecified atom stereocenters. The van der Waals surface area contributed by atoms with Gasteiger partial charge in [0.05, 0.1) is 27.3 Å². The second-order valence-corrected chi connectivity index (χ2v) is 11.7. The molecule has 0 spiro atoms. The Morgan fingerprint density at radius 2 is 1.20 bits per heavy atom. The molecule has 1 aromatic heterocycles. The van der Waals surface area contributed by atoms with Crippen LogP contribution in [0.5, 0.6) is 11.5 Å². The van der Waals surface area contributed by atoms with Gasteiger partial charge in [0.25, 0.3) is 5.56 Å². The Hall–Kier alpha value is -5.36. The summed E-state index contributed by atoms with van der Waals surface area (Å²) in [4.78, 5) is 27.4. The lowest BCUT2D eigenvalue weighted by Crippen LogP contribution is -2.29. The van der Waals surface area contributed by atoms with E-state index in [1.54, 1.807) is 24.9 Å². The molecule has 46 heavy (non-hydrogen) atoms. The molecule has 6 rings (SSSR count). The van der Waals surface area contributed by atoms with Crippen molar-refractivity contribution in [3.63, 3.8) is 0 Å². The molecule has 0 bridgehead atoms. The molecular formula is C40H38N2O4. The lowest BCUT2D eigenvalue weighted by atomic mass is 9.88. The van der Waals surface area contributed by atoms with Crippen molar-refractivity contribution < 1.29 is 14.3 Å². The molecule has 1 amide bonds. The van der Waals surface area contributed by atoms with Crippen LogP contribution in [-0.4, -0.2) is 29.6 Å². The van der Waals surface area contributed by atoms with E-state index in [0.29, 0.717) is 32.4 Å². The summed E-state index contributed by atoms with van der Waals surface area (Å²) in [6, 6.07) is 36.1. The minimum absolute atomic E-state index is 0.0311. The third kappa shape index (κ3) is 7.29. The first-order valence-corrected chi connectivity index (χ1v) is 15.6. The fraction of sp³-hybridized carbons (Fsp3) is 0.200. The number of benzene rings is 4. The van der Waals surface area contributed by atoms with Gasteiger partial charge in [-0.25, -0.2) is 0 Å². The monoisotopic (exact) mass is 610 g/mol. The van der Waals surface area contributed by atoms with Crippen LogP contribution in [0, 0.1) is 0 Å². The highest BCUT2D eigenvalue weighted by Gasteiger charge is 2.21. The number of carbonyl (C=O) groups is 1. The van der Waals surface area contributed by atoms with E-state index in [4.69, 9.17) is 9.47 Å². The third-order valence-electron chi connectivity index (χ3n) is 8.48. The van der Waals surface area contributed by atoms with Crippen LogP contribution in [0.25, 0.3) is 11.1 Å². The Labute approximate surface area is 270 Å². The van der Waals surface area contributed by atoms with Crippen molar-refractivity contribution in [2.24, 2.45) is 0 Å². The van der Waals surface area contributed by atoms with Crippen LogP contribution >= 0.6 is 0 Å². The van der Waals surface area contributed by atoms with Crippen LogP contribution in [0.4, 0.5) is 0 Å². The van der Waals surface area contributed by atoms with Crippen LogP contribution in [0.1, 0.15) is 40.7 Å². The Balaban J connectivity index is 1.34. The fourth-order valence-corrected chi connectivity index (χ4v) is 6.08. The zero-order valence-electron chi connectivity index (χ0n) is 26.3. The van der Waals surface area contributed by atoms with Gasteiger partial charge in [0.1, 0.15) is 11.5 Å². The van der Waals surface area contributed by atoms with Gasteiger partial charge in [-0.3, -0.25) is 9.59 Å². The summed E-state index contributed by atoms with van der Waals surface area (Å²) >= 11 is 0. The van der Waals surface area contributed by atoms with E-state index in [0.717, 1.165) is 56.9 Å².